The lowest BCUT2D eigenvalue weighted by Gasteiger charge is -2.31. The van der Waals surface area contributed by atoms with Crippen LogP contribution in [0.15, 0.2) is 30.3 Å². The van der Waals surface area contributed by atoms with Crippen LogP contribution in [0.25, 0.3) is 22.0 Å². The Morgan fingerprint density at radius 2 is 1.85 bits per heavy atom. The number of aryl methyl sites for hydroxylation is 1. The lowest BCUT2D eigenvalue weighted by molar-refractivity contribution is -0.136. The van der Waals surface area contributed by atoms with Crippen molar-refractivity contribution in [2.75, 3.05) is 18.5 Å². The second kappa shape index (κ2) is 6.43. The Hall–Kier alpha value is -2.79. The fraction of sp³-hybridized carbons (Fsp3) is 0.318. The van der Waals surface area contributed by atoms with Crippen molar-refractivity contribution in [3.63, 3.8) is 0 Å². The van der Waals surface area contributed by atoms with Crippen molar-refractivity contribution in [3.05, 3.63) is 52.7 Å². The first kappa shape index (κ1) is 17.6. The molecule has 2 aromatic carbocycles. The highest BCUT2D eigenvalue weighted by atomic mass is 16.4. The van der Waals surface area contributed by atoms with Gasteiger partial charge in [0.25, 0.3) is 0 Å². The third-order valence-electron chi connectivity index (χ3n) is 5.66. The monoisotopic (exact) mass is 364 g/mol. The maximum Gasteiger partial charge on any atom is 0.307 e. The smallest absolute Gasteiger partial charge is 0.307 e. The molecule has 4 rings (SSSR count). The van der Waals surface area contributed by atoms with Gasteiger partial charge in [0, 0.05) is 31.2 Å². The van der Waals surface area contributed by atoms with E-state index in [2.05, 4.69) is 33.7 Å². The summed E-state index contributed by atoms with van der Waals surface area (Å²) < 4.78 is 2.18. The van der Waals surface area contributed by atoms with Crippen LogP contribution in [0, 0.1) is 13.8 Å². The highest BCUT2D eigenvalue weighted by Crippen LogP contribution is 2.44. The van der Waals surface area contributed by atoms with Gasteiger partial charge in [-0.25, -0.2) is 0 Å². The zero-order chi connectivity index (χ0) is 19.3. The van der Waals surface area contributed by atoms with Gasteiger partial charge in [0.2, 0.25) is 0 Å². The largest absolute Gasteiger partial charge is 0.481 e. The fourth-order valence-electron chi connectivity index (χ4n) is 4.36. The molecule has 0 fully saturated rings. The topological polar surface area (TPSA) is 65.7 Å². The molecular formula is C22H24N2O3. The number of hydrogen-bond acceptors (Lipinski definition) is 3. The highest BCUT2D eigenvalue weighted by molar-refractivity contribution is 6.07. The average molecular weight is 364 g/mol. The third-order valence-corrected chi connectivity index (χ3v) is 5.66. The van der Waals surface area contributed by atoms with E-state index in [0.29, 0.717) is 0 Å². The van der Waals surface area contributed by atoms with Crippen molar-refractivity contribution >= 4 is 22.6 Å². The molecule has 5 heteroatoms. The predicted molar refractivity (Wildman–Crippen MR) is 107 cm³/mol. The molecule has 0 atom stereocenters. The summed E-state index contributed by atoms with van der Waals surface area (Å²) in [5.74, 6) is -0.835. The van der Waals surface area contributed by atoms with Crippen molar-refractivity contribution in [1.82, 2.24) is 4.57 Å². The minimum atomic E-state index is -0.835. The van der Waals surface area contributed by atoms with E-state index in [1.165, 1.54) is 0 Å². The van der Waals surface area contributed by atoms with Crippen LogP contribution in [-0.2, 0) is 24.4 Å². The number of benzene rings is 2. The van der Waals surface area contributed by atoms with Crippen LogP contribution in [0.4, 0.5) is 5.69 Å². The highest BCUT2D eigenvalue weighted by Gasteiger charge is 2.27. The number of aliphatic hydroxyl groups is 1. The number of carboxylic acids is 1. The number of likely N-dealkylation sites (N-methyl/N-ethyl adjacent to an activating group) is 1. The zero-order valence-electron chi connectivity index (χ0n) is 15.9. The number of aliphatic hydroxyl groups excluding tert-OH is 1. The third kappa shape index (κ3) is 2.70. The summed E-state index contributed by atoms with van der Waals surface area (Å²) in [4.78, 5) is 13.9. The van der Waals surface area contributed by atoms with Gasteiger partial charge in [0.15, 0.2) is 0 Å². The van der Waals surface area contributed by atoms with E-state index in [4.69, 9.17) is 0 Å². The van der Waals surface area contributed by atoms with Crippen molar-refractivity contribution in [1.29, 1.82) is 0 Å². The van der Waals surface area contributed by atoms with Crippen LogP contribution in [0.3, 0.4) is 0 Å². The Kier molecular flexibility index (Phi) is 4.19. The Morgan fingerprint density at radius 1 is 1.15 bits per heavy atom. The van der Waals surface area contributed by atoms with E-state index in [1.54, 1.807) is 0 Å². The van der Waals surface area contributed by atoms with E-state index in [0.717, 1.165) is 63.2 Å². The molecule has 0 radical (unpaired) electrons. The fourth-order valence-corrected chi connectivity index (χ4v) is 4.36. The standard InChI is InChI=1S/C22H24N2O3/c1-13-4-6-15(7-5-13)20-17(11-19(26)27)14(2)21-22-18(20)10-16(12-25)24(22)9-8-23(21)3/h4-7,10,25H,8-9,11-12H2,1-3H3,(H,26,27). The lowest BCUT2D eigenvalue weighted by atomic mass is 9.88. The molecule has 1 aliphatic heterocycles. The van der Waals surface area contributed by atoms with Gasteiger partial charge in [0.1, 0.15) is 0 Å². The number of aromatic nitrogens is 1. The molecule has 2 heterocycles. The van der Waals surface area contributed by atoms with Gasteiger partial charge in [-0.05, 0) is 42.2 Å². The minimum absolute atomic E-state index is 0.0224. The van der Waals surface area contributed by atoms with Crippen LogP contribution in [0.5, 0.6) is 0 Å². The van der Waals surface area contributed by atoms with Crippen LogP contribution in [0.1, 0.15) is 22.4 Å². The lowest BCUT2D eigenvalue weighted by Crippen LogP contribution is -2.29. The molecule has 1 aliphatic rings. The molecule has 2 N–H and O–H groups in total. The van der Waals surface area contributed by atoms with E-state index >= 15 is 0 Å². The Bertz CT molecular complexity index is 1050. The first-order valence-corrected chi connectivity index (χ1v) is 9.20. The molecule has 1 aromatic heterocycles. The number of hydrogen-bond donors (Lipinski definition) is 2. The van der Waals surface area contributed by atoms with Gasteiger partial charge < -0.3 is 19.7 Å². The van der Waals surface area contributed by atoms with Gasteiger partial charge in [-0.3, -0.25) is 4.79 Å². The Balaban J connectivity index is 2.16. The van der Waals surface area contributed by atoms with Gasteiger partial charge in [0.05, 0.1) is 24.2 Å². The van der Waals surface area contributed by atoms with Crippen LogP contribution < -0.4 is 4.90 Å². The van der Waals surface area contributed by atoms with Crippen molar-refractivity contribution in [2.24, 2.45) is 0 Å². The number of rotatable bonds is 4. The van der Waals surface area contributed by atoms with E-state index in [9.17, 15) is 15.0 Å². The summed E-state index contributed by atoms with van der Waals surface area (Å²) in [5.41, 5.74) is 8.05. The number of aliphatic carboxylic acids is 1. The molecular weight excluding hydrogens is 340 g/mol. The number of anilines is 1. The number of nitrogens with zero attached hydrogens (tertiary/aromatic N) is 2. The second-order valence-corrected chi connectivity index (χ2v) is 7.39. The van der Waals surface area contributed by atoms with E-state index in [-0.39, 0.29) is 13.0 Å². The van der Waals surface area contributed by atoms with Crippen LogP contribution >= 0.6 is 0 Å². The van der Waals surface area contributed by atoms with Crippen molar-refractivity contribution in [2.45, 2.75) is 33.4 Å². The van der Waals surface area contributed by atoms with Gasteiger partial charge in [-0.2, -0.15) is 0 Å². The SMILES string of the molecule is Cc1ccc(-c2c(CC(=O)O)c(C)c3c4c2cc(CO)n4CCN3C)cc1. The van der Waals surface area contributed by atoms with Crippen molar-refractivity contribution in [3.8, 4) is 11.1 Å². The molecule has 5 nitrogen and oxygen atoms in total. The van der Waals surface area contributed by atoms with Crippen LogP contribution in [-0.4, -0.2) is 34.3 Å². The van der Waals surface area contributed by atoms with Crippen LogP contribution in [0.2, 0.25) is 0 Å². The molecule has 27 heavy (non-hydrogen) atoms. The maximum atomic E-state index is 11.7. The zero-order valence-corrected chi connectivity index (χ0v) is 15.9. The van der Waals surface area contributed by atoms with Gasteiger partial charge in [-0.1, -0.05) is 29.8 Å². The summed E-state index contributed by atoms with van der Waals surface area (Å²) in [6.07, 6.45) is -0.0224. The molecule has 3 aromatic rings. The summed E-state index contributed by atoms with van der Waals surface area (Å²) in [7, 11) is 2.05. The van der Waals surface area contributed by atoms with E-state index in [1.807, 2.05) is 27.0 Å². The molecule has 0 amide bonds. The minimum Gasteiger partial charge on any atom is -0.481 e. The average Bonchev–Trinajstić information content (AvgIpc) is 3.00. The number of carboxylic acid groups (broad SMARTS) is 1. The first-order chi connectivity index (χ1) is 12.9. The Labute approximate surface area is 158 Å². The maximum absolute atomic E-state index is 11.7. The predicted octanol–water partition coefficient (Wildman–Crippen LogP) is 3.49. The summed E-state index contributed by atoms with van der Waals surface area (Å²) in [6.45, 7) is 5.68. The Morgan fingerprint density at radius 3 is 2.48 bits per heavy atom. The molecule has 0 bridgehead atoms. The molecule has 140 valence electrons. The molecule has 0 aliphatic carbocycles. The summed E-state index contributed by atoms with van der Waals surface area (Å²) >= 11 is 0. The molecule has 0 saturated heterocycles. The normalized spacial score (nSPS) is 13.4. The molecule has 0 spiro atoms. The van der Waals surface area contributed by atoms with Crippen molar-refractivity contribution < 1.29 is 15.0 Å². The molecule has 0 unspecified atom stereocenters. The van der Waals surface area contributed by atoms with E-state index < -0.39 is 5.97 Å². The summed E-state index contributed by atoms with van der Waals surface area (Å²) in [5, 5.41) is 20.5. The second-order valence-electron chi connectivity index (χ2n) is 7.39. The van der Waals surface area contributed by atoms with Gasteiger partial charge in [-0.15, -0.1) is 0 Å². The number of carbonyl (C=O) groups is 1. The first-order valence-electron chi connectivity index (χ1n) is 9.20. The summed E-state index contributed by atoms with van der Waals surface area (Å²) in [6, 6.07) is 10.2. The molecule has 0 saturated carbocycles. The van der Waals surface area contributed by atoms with Gasteiger partial charge >= 0.3 is 5.97 Å². The quantitative estimate of drug-likeness (QED) is 0.744.